The molecular weight excluding hydrogens is 484 g/mol. The van der Waals surface area contributed by atoms with Crippen LogP contribution in [0.4, 0.5) is 26.7 Å². The zero-order chi connectivity index (χ0) is 26.0. The number of hydrogen-bond donors (Lipinski definition) is 1. The Morgan fingerprint density at radius 2 is 1.69 bits per heavy atom. The first-order valence-corrected chi connectivity index (χ1v) is 13.7. The van der Waals surface area contributed by atoms with Gasteiger partial charge >= 0.3 is 12.2 Å². The first-order valence-electron chi connectivity index (χ1n) is 11.8. The van der Waals surface area contributed by atoms with E-state index in [4.69, 9.17) is 9.47 Å². The number of rotatable bonds is 4. The van der Waals surface area contributed by atoms with Gasteiger partial charge in [0, 0.05) is 12.2 Å². The van der Waals surface area contributed by atoms with E-state index < -0.39 is 22.2 Å². The average molecular weight is 517 g/mol. The fourth-order valence-corrected chi connectivity index (χ4v) is 5.24. The summed E-state index contributed by atoms with van der Waals surface area (Å²) in [6.07, 6.45) is 2.69. The quantitative estimate of drug-likeness (QED) is 0.652. The van der Waals surface area contributed by atoms with E-state index in [1.807, 2.05) is 31.0 Å². The van der Waals surface area contributed by atoms with Crippen LogP contribution in [-0.4, -0.2) is 71.3 Å². The van der Waals surface area contributed by atoms with Crippen LogP contribution in [0, 0.1) is 0 Å². The van der Waals surface area contributed by atoms with Crippen LogP contribution in [0.1, 0.15) is 26.2 Å². The smallest absolute Gasteiger partial charge is 0.416 e. The molecule has 0 spiro atoms. The van der Waals surface area contributed by atoms with Crippen LogP contribution in [-0.2, 0) is 19.5 Å². The van der Waals surface area contributed by atoms with E-state index in [0.29, 0.717) is 17.1 Å². The summed E-state index contributed by atoms with van der Waals surface area (Å²) in [4.78, 5) is 31.1. The SMILES string of the molecule is COC(=O)N1c2ccc(-c3ccc(NS(C)(=O)=O)cc3)cc2N(C(=O)OC2CCCCN2C)CC1C. The first kappa shape index (κ1) is 25.8. The van der Waals surface area contributed by atoms with Gasteiger partial charge in [0.05, 0.1) is 37.3 Å². The lowest BCUT2D eigenvalue weighted by Gasteiger charge is -2.41. The van der Waals surface area contributed by atoms with Crippen molar-refractivity contribution in [3.63, 3.8) is 0 Å². The third-order valence-electron chi connectivity index (χ3n) is 6.47. The molecule has 1 fully saturated rings. The number of likely N-dealkylation sites (tertiary alicyclic amines) is 1. The second-order valence-electron chi connectivity index (χ2n) is 9.27. The number of amides is 2. The first-order chi connectivity index (χ1) is 17.1. The number of benzene rings is 2. The van der Waals surface area contributed by atoms with Crippen molar-refractivity contribution in [1.29, 1.82) is 0 Å². The number of methoxy groups -OCH3 is 1. The van der Waals surface area contributed by atoms with Gasteiger partial charge in [-0.3, -0.25) is 19.4 Å². The van der Waals surface area contributed by atoms with Gasteiger partial charge in [-0.05, 0) is 68.6 Å². The molecule has 0 radical (unpaired) electrons. The Labute approximate surface area is 211 Å². The van der Waals surface area contributed by atoms with Gasteiger partial charge in [-0.25, -0.2) is 18.0 Å². The lowest BCUT2D eigenvalue weighted by atomic mass is 10.0. The van der Waals surface area contributed by atoms with Crippen molar-refractivity contribution in [3.8, 4) is 11.1 Å². The minimum atomic E-state index is -3.38. The zero-order valence-corrected chi connectivity index (χ0v) is 21.7. The van der Waals surface area contributed by atoms with E-state index in [-0.39, 0.29) is 18.8 Å². The van der Waals surface area contributed by atoms with Gasteiger partial charge in [0.2, 0.25) is 10.0 Å². The average Bonchev–Trinajstić information content (AvgIpc) is 2.83. The molecule has 4 rings (SSSR count). The monoisotopic (exact) mass is 516 g/mol. The summed E-state index contributed by atoms with van der Waals surface area (Å²) in [6, 6.07) is 12.1. The van der Waals surface area contributed by atoms with Crippen LogP contribution < -0.4 is 14.5 Å². The number of nitrogens with zero attached hydrogens (tertiary/aromatic N) is 3. The molecule has 1 N–H and O–H groups in total. The maximum Gasteiger partial charge on any atom is 0.416 e. The topological polar surface area (TPSA) is 108 Å². The Bertz CT molecular complexity index is 1230. The van der Waals surface area contributed by atoms with Gasteiger partial charge in [0.15, 0.2) is 6.23 Å². The van der Waals surface area contributed by atoms with E-state index in [9.17, 15) is 18.0 Å². The molecule has 194 valence electrons. The summed E-state index contributed by atoms with van der Waals surface area (Å²) in [5, 5.41) is 0. The van der Waals surface area contributed by atoms with Crippen LogP contribution in [0.2, 0.25) is 0 Å². The van der Waals surface area contributed by atoms with Gasteiger partial charge in [0.1, 0.15) is 0 Å². The summed E-state index contributed by atoms with van der Waals surface area (Å²) >= 11 is 0. The summed E-state index contributed by atoms with van der Waals surface area (Å²) in [5.74, 6) is 0. The van der Waals surface area contributed by atoms with Crippen molar-refractivity contribution in [2.75, 3.05) is 48.0 Å². The minimum absolute atomic E-state index is 0.248. The predicted molar refractivity (Wildman–Crippen MR) is 139 cm³/mol. The van der Waals surface area contributed by atoms with Crippen molar-refractivity contribution >= 4 is 39.3 Å². The van der Waals surface area contributed by atoms with Gasteiger partial charge in [-0.1, -0.05) is 18.2 Å². The largest absolute Gasteiger partial charge is 0.452 e. The van der Waals surface area contributed by atoms with Crippen LogP contribution in [0.15, 0.2) is 42.5 Å². The third-order valence-corrected chi connectivity index (χ3v) is 7.07. The van der Waals surface area contributed by atoms with Gasteiger partial charge < -0.3 is 9.47 Å². The molecule has 0 saturated carbocycles. The third kappa shape index (κ3) is 5.57. The fourth-order valence-electron chi connectivity index (χ4n) is 4.67. The van der Waals surface area contributed by atoms with Crippen LogP contribution in [0.5, 0.6) is 0 Å². The molecule has 10 nitrogen and oxygen atoms in total. The molecule has 2 aromatic carbocycles. The standard InChI is InChI=1S/C25H32N4O6S/c1-17-16-28(24(30)35-23-7-5-6-14-27(23)2)22-15-19(10-13-21(22)29(17)25(31)34-3)18-8-11-20(12-9-18)26-36(4,32)33/h8-13,15,17,23,26H,5-7,14,16H2,1-4H3. The Kier molecular flexibility index (Phi) is 7.41. The van der Waals surface area contributed by atoms with E-state index >= 15 is 0 Å². The van der Waals surface area contributed by atoms with E-state index in [1.54, 1.807) is 35.2 Å². The Morgan fingerprint density at radius 3 is 2.33 bits per heavy atom. The number of hydrogen-bond acceptors (Lipinski definition) is 7. The molecule has 0 bridgehead atoms. The number of fused-ring (bicyclic) bond motifs is 1. The van der Waals surface area contributed by atoms with E-state index in [2.05, 4.69) is 4.72 Å². The number of ether oxygens (including phenoxy) is 2. The second-order valence-corrected chi connectivity index (χ2v) is 11.0. The maximum atomic E-state index is 13.4. The lowest BCUT2D eigenvalue weighted by Crippen LogP contribution is -2.53. The molecule has 36 heavy (non-hydrogen) atoms. The Balaban J connectivity index is 1.69. The van der Waals surface area contributed by atoms with Crippen LogP contribution >= 0.6 is 0 Å². The molecule has 0 aromatic heterocycles. The number of nitrogens with one attached hydrogen (secondary N) is 1. The van der Waals surface area contributed by atoms with E-state index in [1.165, 1.54) is 12.0 Å². The number of sulfonamides is 1. The maximum absolute atomic E-state index is 13.4. The molecule has 2 amide bonds. The zero-order valence-electron chi connectivity index (χ0n) is 20.9. The predicted octanol–water partition coefficient (Wildman–Crippen LogP) is 4.08. The number of carbonyl (C=O) groups is 2. The summed E-state index contributed by atoms with van der Waals surface area (Å²) in [6.45, 7) is 2.97. The van der Waals surface area contributed by atoms with E-state index in [0.717, 1.165) is 43.2 Å². The van der Waals surface area contributed by atoms with Crippen molar-refractivity contribution in [3.05, 3.63) is 42.5 Å². The Morgan fingerprint density at radius 1 is 1.00 bits per heavy atom. The highest BCUT2D eigenvalue weighted by Gasteiger charge is 2.37. The van der Waals surface area contributed by atoms with Gasteiger partial charge in [-0.15, -0.1) is 0 Å². The molecule has 2 aliphatic rings. The molecule has 2 aromatic rings. The van der Waals surface area contributed by atoms with Crippen molar-refractivity contribution in [2.45, 2.75) is 38.5 Å². The van der Waals surface area contributed by atoms with Crippen molar-refractivity contribution in [2.24, 2.45) is 0 Å². The molecule has 1 saturated heterocycles. The van der Waals surface area contributed by atoms with Gasteiger partial charge in [0.25, 0.3) is 0 Å². The van der Waals surface area contributed by atoms with Crippen LogP contribution in [0.25, 0.3) is 11.1 Å². The van der Waals surface area contributed by atoms with Crippen molar-refractivity contribution in [1.82, 2.24) is 4.90 Å². The lowest BCUT2D eigenvalue weighted by molar-refractivity contribution is -0.0190. The highest BCUT2D eigenvalue weighted by Crippen LogP contribution is 2.40. The van der Waals surface area contributed by atoms with Gasteiger partial charge in [-0.2, -0.15) is 0 Å². The van der Waals surface area contributed by atoms with Crippen molar-refractivity contribution < 1.29 is 27.5 Å². The fraction of sp³-hybridized carbons (Fsp3) is 0.440. The molecule has 2 atom stereocenters. The number of anilines is 3. The molecule has 11 heteroatoms. The number of carbonyl (C=O) groups excluding carboxylic acids is 2. The molecular formula is C25H32N4O6S. The summed E-state index contributed by atoms with van der Waals surface area (Å²) in [5.41, 5.74) is 3.16. The molecule has 0 aliphatic carbocycles. The van der Waals surface area contributed by atoms with Crippen LogP contribution in [0.3, 0.4) is 0 Å². The normalized spacial score (nSPS) is 20.4. The molecule has 2 heterocycles. The molecule has 2 unspecified atom stereocenters. The minimum Gasteiger partial charge on any atom is -0.452 e. The highest BCUT2D eigenvalue weighted by atomic mass is 32.2. The number of piperidine rings is 1. The Hall–Kier alpha value is -3.31. The summed E-state index contributed by atoms with van der Waals surface area (Å²) in [7, 11) is -0.107. The summed E-state index contributed by atoms with van der Waals surface area (Å²) < 4.78 is 36.4. The highest BCUT2D eigenvalue weighted by molar-refractivity contribution is 7.92. The molecule has 2 aliphatic heterocycles. The second kappa shape index (κ2) is 10.4.